The third kappa shape index (κ3) is 10.7. The maximum absolute atomic E-state index is 11.1. The topological polar surface area (TPSA) is 52.6 Å². The van der Waals surface area contributed by atoms with Crippen molar-refractivity contribution in [1.82, 2.24) is 0 Å². The van der Waals surface area contributed by atoms with Gasteiger partial charge < -0.3 is 9.47 Å². The van der Waals surface area contributed by atoms with Crippen molar-refractivity contribution < 1.29 is 19.1 Å². The van der Waals surface area contributed by atoms with Gasteiger partial charge >= 0.3 is 11.9 Å². The maximum Gasteiger partial charge on any atom is 0.331 e. The van der Waals surface area contributed by atoms with Crippen molar-refractivity contribution in [3.8, 4) is 0 Å². The Morgan fingerprint density at radius 2 is 1.71 bits per heavy atom. The molecule has 0 aromatic rings. The molecule has 0 unspecified atom stereocenters. The van der Waals surface area contributed by atoms with Gasteiger partial charge in [0, 0.05) is 12.2 Å². The predicted octanol–water partition coefficient (Wildman–Crippen LogP) is 2.40. The van der Waals surface area contributed by atoms with E-state index in [0.717, 1.165) is 37.0 Å². The highest BCUT2D eigenvalue weighted by Crippen LogP contribution is 1.95. The van der Waals surface area contributed by atoms with Crippen LogP contribution in [0.25, 0.3) is 0 Å². The Morgan fingerprint density at radius 3 is 2.24 bits per heavy atom. The highest BCUT2D eigenvalue weighted by atomic mass is 16.5. The third-order valence-electron chi connectivity index (χ3n) is 1.81. The SMILES string of the molecule is C=C(C)COC(=O)/C=C/C(=O)OCCCCC. The van der Waals surface area contributed by atoms with Gasteiger partial charge in [0.1, 0.15) is 6.61 Å². The molecule has 0 amide bonds. The summed E-state index contributed by atoms with van der Waals surface area (Å²) < 4.78 is 9.63. The first-order chi connectivity index (χ1) is 8.06. The van der Waals surface area contributed by atoms with Gasteiger partial charge in [-0.25, -0.2) is 9.59 Å². The van der Waals surface area contributed by atoms with Gasteiger partial charge in [-0.2, -0.15) is 0 Å². The van der Waals surface area contributed by atoms with Crippen LogP contribution in [0.1, 0.15) is 33.1 Å². The van der Waals surface area contributed by atoms with Crippen molar-refractivity contribution in [2.24, 2.45) is 0 Å². The third-order valence-corrected chi connectivity index (χ3v) is 1.81. The summed E-state index contributed by atoms with van der Waals surface area (Å²) in [5.41, 5.74) is 0.744. The number of unbranched alkanes of at least 4 members (excludes halogenated alkanes) is 2. The van der Waals surface area contributed by atoms with Crippen LogP contribution in [0.3, 0.4) is 0 Å². The van der Waals surface area contributed by atoms with Gasteiger partial charge in [0.25, 0.3) is 0 Å². The quantitative estimate of drug-likeness (QED) is 0.283. The second-order valence-electron chi connectivity index (χ2n) is 3.77. The number of carbonyl (C=O) groups excluding carboxylic acids is 2. The van der Waals surface area contributed by atoms with Crippen LogP contribution in [0.15, 0.2) is 24.3 Å². The number of hydrogen-bond donors (Lipinski definition) is 0. The zero-order valence-corrected chi connectivity index (χ0v) is 10.5. The van der Waals surface area contributed by atoms with Crippen molar-refractivity contribution in [3.05, 3.63) is 24.3 Å². The molecule has 0 fully saturated rings. The van der Waals surface area contributed by atoms with Gasteiger partial charge in [-0.1, -0.05) is 26.3 Å². The van der Waals surface area contributed by atoms with E-state index < -0.39 is 11.9 Å². The Kier molecular flexibility index (Phi) is 8.74. The van der Waals surface area contributed by atoms with E-state index in [1.165, 1.54) is 0 Å². The molecule has 0 bridgehead atoms. The average molecular weight is 240 g/mol. The van der Waals surface area contributed by atoms with Crippen molar-refractivity contribution in [2.45, 2.75) is 33.1 Å². The van der Waals surface area contributed by atoms with E-state index in [-0.39, 0.29) is 6.61 Å². The van der Waals surface area contributed by atoms with Crippen LogP contribution < -0.4 is 0 Å². The maximum atomic E-state index is 11.1. The Labute approximate surface area is 102 Å². The van der Waals surface area contributed by atoms with Crippen LogP contribution in [0.4, 0.5) is 0 Å². The lowest BCUT2D eigenvalue weighted by Gasteiger charge is -2.01. The zero-order chi connectivity index (χ0) is 13.1. The van der Waals surface area contributed by atoms with E-state index in [2.05, 4.69) is 13.5 Å². The van der Waals surface area contributed by atoms with Crippen LogP contribution in [0, 0.1) is 0 Å². The number of ether oxygens (including phenoxy) is 2. The minimum atomic E-state index is -0.571. The normalized spacial score (nSPS) is 10.2. The van der Waals surface area contributed by atoms with Crippen molar-refractivity contribution in [1.29, 1.82) is 0 Å². The van der Waals surface area contributed by atoms with Crippen LogP contribution in [-0.2, 0) is 19.1 Å². The Bertz CT molecular complexity index is 292. The molecule has 0 aliphatic rings. The van der Waals surface area contributed by atoms with Crippen LogP contribution in [-0.4, -0.2) is 25.2 Å². The summed E-state index contributed by atoms with van der Waals surface area (Å²) in [5.74, 6) is -1.09. The monoisotopic (exact) mass is 240 g/mol. The molecule has 0 rings (SSSR count). The van der Waals surface area contributed by atoms with E-state index in [4.69, 9.17) is 9.47 Å². The van der Waals surface area contributed by atoms with Crippen LogP contribution >= 0.6 is 0 Å². The molecule has 0 aromatic heterocycles. The van der Waals surface area contributed by atoms with Gasteiger partial charge in [-0.15, -0.1) is 0 Å². The minimum absolute atomic E-state index is 0.161. The Hall–Kier alpha value is -1.58. The predicted molar refractivity (Wildman–Crippen MR) is 65.4 cm³/mol. The molecule has 0 saturated carbocycles. The summed E-state index contributed by atoms with van der Waals surface area (Å²) in [7, 11) is 0. The lowest BCUT2D eigenvalue weighted by Crippen LogP contribution is -2.06. The molecule has 0 saturated heterocycles. The van der Waals surface area contributed by atoms with Crippen LogP contribution in [0.2, 0.25) is 0 Å². The molecule has 0 radical (unpaired) electrons. The van der Waals surface area contributed by atoms with Crippen molar-refractivity contribution in [3.63, 3.8) is 0 Å². The summed E-state index contributed by atoms with van der Waals surface area (Å²) in [6.45, 7) is 7.95. The molecular weight excluding hydrogens is 220 g/mol. The summed E-state index contributed by atoms with van der Waals surface area (Å²) in [5, 5.41) is 0. The van der Waals surface area contributed by atoms with Crippen LogP contribution in [0.5, 0.6) is 0 Å². The summed E-state index contributed by atoms with van der Waals surface area (Å²) in [6, 6.07) is 0. The summed E-state index contributed by atoms with van der Waals surface area (Å²) in [6.07, 6.45) is 5.08. The first-order valence-corrected chi connectivity index (χ1v) is 5.72. The van der Waals surface area contributed by atoms with E-state index in [9.17, 15) is 9.59 Å². The van der Waals surface area contributed by atoms with Gasteiger partial charge in [0.2, 0.25) is 0 Å². The lowest BCUT2D eigenvalue weighted by atomic mass is 10.3. The zero-order valence-electron chi connectivity index (χ0n) is 10.5. The molecule has 0 heterocycles. The molecule has 0 aromatic carbocycles. The van der Waals surface area contributed by atoms with Gasteiger partial charge in [-0.05, 0) is 18.9 Å². The molecule has 0 aliphatic carbocycles. The molecule has 0 spiro atoms. The first-order valence-electron chi connectivity index (χ1n) is 5.72. The highest BCUT2D eigenvalue weighted by molar-refractivity contribution is 5.91. The Morgan fingerprint density at radius 1 is 1.12 bits per heavy atom. The molecule has 96 valence electrons. The molecule has 0 atom stereocenters. The van der Waals surface area contributed by atoms with E-state index >= 15 is 0 Å². The average Bonchev–Trinajstić information content (AvgIpc) is 2.29. The minimum Gasteiger partial charge on any atom is -0.463 e. The molecule has 4 heteroatoms. The van der Waals surface area contributed by atoms with Gasteiger partial charge in [0.05, 0.1) is 6.61 Å². The number of carbonyl (C=O) groups is 2. The lowest BCUT2D eigenvalue weighted by molar-refractivity contribution is -0.140. The number of rotatable bonds is 8. The molecule has 17 heavy (non-hydrogen) atoms. The fraction of sp³-hybridized carbons (Fsp3) is 0.538. The highest BCUT2D eigenvalue weighted by Gasteiger charge is 2.00. The second-order valence-corrected chi connectivity index (χ2v) is 3.77. The van der Waals surface area contributed by atoms with E-state index in [1.54, 1.807) is 6.92 Å². The van der Waals surface area contributed by atoms with Gasteiger partial charge in [-0.3, -0.25) is 0 Å². The van der Waals surface area contributed by atoms with E-state index in [1.807, 2.05) is 0 Å². The fourth-order valence-electron chi connectivity index (χ4n) is 0.951. The second kappa shape index (κ2) is 9.63. The number of esters is 2. The van der Waals surface area contributed by atoms with Gasteiger partial charge in [0.15, 0.2) is 0 Å². The molecule has 0 aliphatic heterocycles. The largest absolute Gasteiger partial charge is 0.463 e. The number of hydrogen-bond acceptors (Lipinski definition) is 4. The van der Waals surface area contributed by atoms with Crippen molar-refractivity contribution in [2.75, 3.05) is 13.2 Å². The molecular formula is C13H20O4. The fourth-order valence-corrected chi connectivity index (χ4v) is 0.951. The smallest absolute Gasteiger partial charge is 0.331 e. The Balaban J connectivity index is 3.71. The summed E-state index contributed by atoms with van der Waals surface area (Å²) >= 11 is 0. The standard InChI is InChI=1S/C13H20O4/c1-4-5-6-9-16-12(14)7-8-13(15)17-10-11(2)3/h7-8H,2,4-6,9-10H2,1,3H3/b8-7+. The van der Waals surface area contributed by atoms with E-state index in [0.29, 0.717) is 6.61 Å². The summed E-state index contributed by atoms with van der Waals surface area (Å²) in [4.78, 5) is 22.2. The van der Waals surface area contributed by atoms with Crippen molar-refractivity contribution >= 4 is 11.9 Å². The molecule has 0 N–H and O–H groups in total. The molecule has 4 nitrogen and oxygen atoms in total. The first kappa shape index (κ1) is 15.4.